The number of nitrogens with zero attached hydrogens (tertiary/aromatic N) is 1. The average molecular weight is 852 g/mol. The summed E-state index contributed by atoms with van der Waals surface area (Å²) in [6.45, 7) is 0. The molecule has 0 heterocycles. The van der Waals surface area contributed by atoms with Crippen LogP contribution < -0.4 is 4.90 Å². The third kappa shape index (κ3) is 5.75. The summed E-state index contributed by atoms with van der Waals surface area (Å²) >= 11 is 0. The number of benzene rings is 11. The zero-order chi connectivity index (χ0) is 44.4. The summed E-state index contributed by atoms with van der Waals surface area (Å²) in [5.41, 5.74) is 19.8. The van der Waals surface area contributed by atoms with Crippen LogP contribution in [0.25, 0.3) is 44.2 Å². The molecular weight excluding hydrogens is 807 g/mol. The van der Waals surface area contributed by atoms with Gasteiger partial charge in [-0.05, 0) is 113 Å². The normalized spacial score (nSPS) is 13.6. The number of hydrogen-bond acceptors (Lipinski definition) is 1. The summed E-state index contributed by atoms with van der Waals surface area (Å²) in [6, 6.07) is 101. The van der Waals surface area contributed by atoms with E-state index in [2.05, 4.69) is 278 Å². The summed E-state index contributed by atoms with van der Waals surface area (Å²) in [7, 11) is 0. The molecule has 0 saturated heterocycles. The van der Waals surface area contributed by atoms with Crippen molar-refractivity contribution in [2.24, 2.45) is 0 Å². The molecule has 0 unspecified atom stereocenters. The van der Waals surface area contributed by atoms with E-state index >= 15 is 0 Å². The Labute approximate surface area is 392 Å². The molecule has 0 fully saturated rings. The molecule has 2 aliphatic carbocycles. The second-order valence-corrected chi connectivity index (χ2v) is 17.9. The topological polar surface area (TPSA) is 3.24 Å². The van der Waals surface area contributed by atoms with E-state index < -0.39 is 10.8 Å². The van der Waals surface area contributed by atoms with Gasteiger partial charge < -0.3 is 4.90 Å². The maximum atomic E-state index is 2.54. The number of rotatable bonds is 8. The van der Waals surface area contributed by atoms with Crippen LogP contribution in [-0.2, 0) is 10.8 Å². The first kappa shape index (κ1) is 38.9. The Morgan fingerprint density at radius 1 is 0.269 bits per heavy atom. The van der Waals surface area contributed by atoms with Crippen molar-refractivity contribution in [3.63, 3.8) is 0 Å². The summed E-state index contributed by atoms with van der Waals surface area (Å²) in [6.07, 6.45) is 0. The minimum Gasteiger partial charge on any atom is -0.310 e. The van der Waals surface area contributed by atoms with Crippen LogP contribution in [0.1, 0.15) is 44.5 Å². The standard InChI is InChI=1S/C66H45N/c1-5-25-48(26-6-1)65(49-27-7-2-8-28-49)60-39-18-16-36-58(60)64-61(65)40-21-41-63(64)67(52-33-19-24-47(44-52)55-37-20-23-46-22-13-14-34-54(46)55)53-42-43-57-56-35-15-17-38-59(56)66(62(57)45-53,50-29-9-3-10-30-50)51-31-11-4-12-32-51/h1-45H. The minimum absolute atomic E-state index is 0.545. The van der Waals surface area contributed by atoms with E-state index in [4.69, 9.17) is 0 Å². The van der Waals surface area contributed by atoms with Crippen LogP contribution in [0.2, 0.25) is 0 Å². The first-order chi connectivity index (χ1) is 33.3. The summed E-state index contributed by atoms with van der Waals surface area (Å²) in [5.74, 6) is 0. The van der Waals surface area contributed by atoms with Gasteiger partial charge >= 0.3 is 0 Å². The lowest BCUT2D eigenvalue weighted by Gasteiger charge is -2.35. The Morgan fingerprint density at radius 2 is 0.716 bits per heavy atom. The Morgan fingerprint density at radius 3 is 1.37 bits per heavy atom. The molecule has 11 aromatic rings. The zero-order valence-electron chi connectivity index (χ0n) is 36.9. The summed E-state index contributed by atoms with van der Waals surface area (Å²) < 4.78 is 0. The van der Waals surface area contributed by atoms with Gasteiger partial charge in [-0.3, -0.25) is 0 Å². The predicted molar refractivity (Wildman–Crippen MR) is 279 cm³/mol. The van der Waals surface area contributed by atoms with E-state index in [1.165, 1.54) is 88.7 Å². The Balaban J connectivity index is 1.12. The third-order valence-electron chi connectivity index (χ3n) is 14.6. The van der Waals surface area contributed by atoms with Crippen molar-refractivity contribution in [2.45, 2.75) is 10.8 Å². The molecule has 0 bridgehead atoms. The molecule has 0 spiro atoms. The fraction of sp³-hybridized carbons (Fsp3) is 0.0303. The van der Waals surface area contributed by atoms with E-state index in [1.807, 2.05) is 0 Å². The van der Waals surface area contributed by atoms with Gasteiger partial charge in [0.25, 0.3) is 0 Å². The predicted octanol–water partition coefficient (Wildman–Crippen LogP) is 16.7. The van der Waals surface area contributed by atoms with Crippen LogP contribution >= 0.6 is 0 Å². The van der Waals surface area contributed by atoms with Gasteiger partial charge in [0.05, 0.1) is 16.5 Å². The summed E-state index contributed by atoms with van der Waals surface area (Å²) in [5, 5.41) is 2.47. The highest BCUT2D eigenvalue weighted by molar-refractivity contribution is 6.01. The van der Waals surface area contributed by atoms with E-state index in [0.29, 0.717) is 0 Å². The lowest BCUT2D eigenvalue weighted by atomic mass is 9.67. The third-order valence-corrected chi connectivity index (χ3v) is 14.6. The molecule has 0 saturated carbocycles. The van der Waals surface area contributed by atoms with Gasteiger partial charge in [-0.25, -0.2) is 0 Å². The Kier molecular flexibility index (Phi) is 9.05. The fourth-order valence-corrected chi connectivity index (χ4v) is 11.9. The van der Waals surface area contributed by atoms with Crippen LogP contribution in [0.15, 0.2) is 273 Å². The lowest BCUT2D eigenvalue weighted by Crippen LogP contribution is -2.29. The molecule has 1 heteroatoms. The molecule has 2 aliphatic rings. The highest BCUT2D eigenvalue weighted by Gasteiger charge is 2.49. The monoisotopic (exact) mass is 851 g/mol. The number of hydrogen-bond donors (Lipinski definition) is 0. The van der Waals surface area contributed by atoms with Crippen molar-refractivity contribution in [2.75, 3.05) is 4.90 Å². The van der Waals surface area contributed by atoms with Gasteiger partial charge in [0.2, 0.25) is 0 Å². The van der Waals surface area contributed by atoms with E-state index in [1.54, 1.807) is 0 Å². The number of anilines is 3. The minimum atomic E-state index is -0.554. The second-order valence-electron chi connectivity index (χ2n) is 17.9. The molecule has 11 aromatic carbocycles. The van der Waals surface area contributed by atoms with Gasteiger partial charge in [-0.1, -0.05) is 243 Å². The van der Waals surface area contributed by atoms with Gasteiger partial charge in [-0.15, -0.1) is 0 Å². The molecule has 13 rings (SSSR count). The maximum absolute atomic E-state index is 2.54. The van der Waals surface area contributed by atoms with Crippen molar-refractivity contribution in [1.82, 2.24) is 0 Å². The van der Waals surface area contributed by atoms with Gasteiger partial charge in [0.15, 0.2) is 0 Å². The Bertz CT molecular complexity index is 3550. The van der Waals surface area contributed by atoms with E-state index in [9.17, 15) is 0 Å². The van der Waals surface area contributed by atoms with Gasteiger partial charge in [0, 0.05) is 16.9 Å². The first-order valence-electron chi connectivity index (χ1n) is 23.3. The Hall–Kier alpha value is -8.52. The van der Waals surface area contributed by atoms with Crippen LogP contribution in [-0.4, -0.2) is 0 Å². The quantitative estimate of drug-likeness (QED) is 0.147. The molecule has 0 aliphatic heterocycles. The van der Waals surface area contributed by atoms with E-state index in [-0.39, 0.29) is 0 Å². The highest BCUT2D eigenvalue weighted by atomic mass is 15.1. The molecule has 67 heavy (non-hydrogen) atoms. The smallest absolute Gasteiger partial charge is 0.0714 e. The van der Waals surface area contributed by atoms with Gasteiger partial charge in [-0.2, -0.15) is 0 Å². The van der Waals surface area contributed by atoms with Crippen LogP contribution in [0.4, 0.5) is 17.1 Å². The van der Waals surface area contributed by atoms with Crippen molar-refractivity contribution in [3.05, 3.63) is 317 Å². The van der Waals surface area contributed by atoms with Crippen molar-refractivity contribution in [3.8, 4) is 33.4 Å². The summed E-state index contributed by atoms with van der Waals surface area (Å²) in [4.78, 5) is 2.54. The molecule has 0 radical (unpaired) electrons. The van der Waals surface area contributed by atoms with Gasteiger partial charge in [0.1, 0.15) is 0 Å². The molecule has 1 nitrogen and oxygen atoms in total. The largest absolute Gasteiger partial charge is 0.310 e. The first-order valence-corrected chi connectivity index (χ1v) is 23.3. The SMILES string of the molecule is c1ccc(C2(c3ccccc3)c3ccccc3-c3ccc(N(c4cccc(-c5cccc6ccccc56)c4)c4cccc5c4-c4ccccc4C5(c4ccccc4)c4ccccc4)cc32)cc1. The molecule has 0 aromatic heterocycles. The van der Waals surface area contributed by atoms with Crippen LogP contribution in [0, 0.1) is 0 Å². The lowest BCUT2D eigenvalue weighted by molar-refractivity contribution is 0.768. The average Bonchev–Trinajstić information content (AvgIpc) is 3.88. The van der Waals surface area contributed by atoms with Crippen molar-refractivity contribution >= 4 is 27.8 Å². The van der Waals surface area contributed by atoms with Crippen LogP contribution in [0.5, 0.6) is 0 Å². The maximum Gasteiger partial charge on any atom is 0.0714 e. The van der Waals surface area contributed by atoms with Crippen molar-refractivity contribution < 1.29 is 0 Å². The zero-order valence-corrected chi connectivity index (χ0v) is 36.9. The van der Waals surface area contributed by atoms with E-state index in [0.717, 1.165) is 17.1 Å². The van der Waals surface area contributed by atoms with Crippen molar-refractivity contribution in [1.29, 1.82) is 0 Å². The highest BCUT2D eigenvalue weighted by Crippen LogP contribution is 2.61. The molecule has 0 atom stereocenters. The second kappa shape index (κ2) is 15.6. The van der Waals surface area contributed by atoms with Crippen LogP contribution in [0.3, 0.4) is 0 Å². The molecule has 314 valence electrons. The molecular formula is C66H45N. The number of fused-ring (bicyclic) bond motifs is 7. The molecule has 0 N–H and O–H groups in total. The molecule has 0 amide bonds. The fourth-order valence-electron chi connectivity index (χ4n) is 11.9.